The Morgan fingerprint density at radius 1 is 1.46 bits per heavy atom. The van der Waals surface area contributed by atoms with Gasteiger partial charge < -0.3 is 14.3 Å². The maximum atomic E-state index is 11.3. The molecule has 4 unspecified atom stereocenters. The molecule has 0 radical (unpaired) electrons. The van der Waals surface area contributed by atoms with Crippen LogP contribution in [0.15, 0.2) is 0 Å². The van der Waals surface area contributed by atoms with Crippen molar-refractivity contribution in [1.29, 1.82) is 0 Å². The largest absolute Gasteiger partial charge is 0.469 e. The topological polar surface area (TPSA) is 52.6 Å². The monoisotopic (exact) mass is 184 g/mol. The van der Waals surface area contributed by atoms with E-state index in [9.17, 15) is 9.59 Å². The first-order chi connectivity index (χ1) is 6.27. The quantitative estimate of drug-likeness (QED) is 0.453. The number of carbonyl (C=O) groups excluding carboxylic acids is 2. The van der Waals surface area contributed by atoms with Crippen molar-refractivity contribution in [2.45, 2.75) is 25.0 Å². The predicted octanol–water partition coefficient (Wildman–Crippen LogP) is 0.152. The van der Waals surface area contributed by atoms with Gasteiger partial charge in [-0.1, -0.05) is 0 Å². The minimum Gasteiger partial charge on any atom is -0.469 e. The molecule has 2 fully saturated rings. The molecular weight excluding hydrogens is 172 g/mol. The minimum atomic E-state index is -0.360. The maximum Gasteiger partial charge on any atom is 0.312 e. The second-order valence-electron chi connectivity index (χ2n) is 3.55. The van der Waals surface area contributed by atoms with Gasteiger partial charge in [-0.25, -0.2) is 0 Å². The van der Waals surface area contributed by atoms with Gasteiger partial charge in [0.25, 0.3) is 0 Å². The molecule has 2 saturated heterocycles. The molecule has 0 aliphatic carbocycles. The fourth-order valence-corrected chi connectivity index (χ4v) is 2.33. The van der Waals surface area contributed by atoms with Gasteiger partial charge in [-0.2, -0.15) is 0 Å². The van der Waals surface area contributed by atoms with Crippen molar-refractivity contribution in [1.82, 2.24) is 0 Å². The molecule has 2 aliphatic heterocycles. The summed E-state index contributed by atoms with van der Waals surface area (Å²) in [7, 11) is 1.34. The highest BCUT2D eigenvalue weighted by Crippen LogP contribution is 2.42. The first-order valence-electron chi connectivity index (χ1n) is 4.46. The van der Waals surface area contributed by atoms with Crippen LogP contribution in [0.1, 0.15) is 12.8 Å². The summed E-state index contributed by atoms with van der Waals surface area (Å²) < 4.78 is 10.1. The lowest BCUT2D eigenvalue weighted by molar-refractivity contribution is -0.149. The zero-order valence-corrected chi connectivity index (χ0v) is 7.43. The van der Waals surface area contributed by atoms with Crippen LogP contribution in [0.3, 0.4) is 0 Å². The number of esters is 1. The number of carbonyl (C=O) groups is 2. The molecule has 0 N–H and O–H groups in total. The molecule has 72 valence electrons. The molecule has 13 heavy (non-hydrogen) atoms. The van der Waals surface area contributed by atoms with Crippen LogP contribution in [0.4, 0.5) is 0 Å². The molecule has 0 spiro atoms. The summed E-state index contributed by atoms with van der Waals surface area (Å²) in [5.41, 5.74) is 0. The molecule has 4 heteroatoms. The van der Waals surface area contributed by atoms with Crippen LogP contribution in [0.2, 0.25) is 0 Å². The van der Waals surface area contributed by atoms with Crippen LogP contribution in [0.5, 0.6) is 0 Å². The van der Waals surface area contributed by atoms with E-state index >= 15 is 0 Å². The molecule has 2 bridgehead atoms. The van der Waals surface area contributed by atoms with E-state index in [-0.39, 0.29) is 30.0 Å². The van der Waals surface area contributed by atoms with Gasteiger partial charge in [0.05, 0.1) is 31.2 Å². The standard InChI is InChI=1S/C9H12O4/c1-12-9(11)8-5(4-10)6-2-3-7(8)13-6/h4-8H,2-3H2,1H3. The zero-order chi connectivity index (χ0) is 9.42. The zero-order valence-electron chi connectivity index (χ0n) is 7.43. The van der Waals surface area contributed by atoms with E-state index in [2.05, 4.69) is 4.74 Å². The first-order valence-corrected chi connectivity index (χ1v) is 4.46. The SMILES string of the molecule is COC(=O)C1C2CCC(O2)C1C=O. The lowest BCUT2D eigenvalue weighted by Crippen LogP contribution is -2.35. The van der Waals surface area contributed by atoms with Gasteiger partial charge in [0.1, 0.15) is 6.29 Å². The summed E-state index contributed by atoms with van der Waals surface area (Å²) in [6.07, 6.45) is 2.45. The summed E-state index contributed by atoms with van der Waals surface area (Å²) in [4.78, 5) is 22.1. The Bertz CT molecular complexity index is 238. The number of ether oxygens (including phenoxy) is 2. The molecule has 2 rings (SSSR count). The van der Waals surface area contributed by atoms with E-state index in [0.717, 1.165) is 19.1 Å². The number of methoxy groups -OCH3 is 1. The lowest BCUT2D eigenvalue weighted by atomic mass is 9.80. The number of hydrogen-bond donors (Lipinski definition) is 0. The van der Waals surface area contributed by atoms with E-state index < -0.39 is 0 Å². The predicted molar refractivity (Wildman–Crippen MR) is 43.0 cm³/mol. The van der Waals surface area contributed by atoms with E-state index in [1.807, 2.05) is 0 Å². The van der Waals surface area contributed by atoms with Crippen LogP contribution in [0, 0.1) is 11.8 Å². The third-order valence-corrected chi connectivity index (χ3v) is 2.96. The molecule has 2 heterocycles. The molecule has 0 saturated carbocycles. The Hall–Kier alpha value is -0.900. The van der Waals surface area contributed by atoms with Gasteiger partial charge in [-0.3, -0.25) is 4.79 Å². The average Bonchev–Trinajstić information content (AvgIpc) is 2.74. The van der Waals surface area contributed by atoms with Crippen molar-refractivity contribution in [2.75, 3.05) is 7.11 Å². The molecular formula is C9H12O4. The van der Waals surface area contributed by atoms with Gasteiger partial charge in [0.15, 0.2) is 0 Å². The summed E-state index contributed by atoms with van der Waals surface area (Å²) >= 11 is 0. The number of fused-ring (bicyclic) bond motifs is 2. The third-order valence-electron chi connectivity index (χ3n) is 2.96. The second-order valence-corrected chi connectivity index (χ2v) is 3.55. The fourth-order valence-electron chi connectivity index (χ4n) is 2.33. The van der Waals surface area contributed by atoms with Crippen LogP contribution in [-0.4, -0.2) is 31.6 Å². The Labute approximate surface area is 76.2 Å². The maximum absolute atomic E-state index is 11.3. The van der Waals surface area contributed by atoms with Crippen molar-refractivity contribution in [3.63, 3.8) is 0 Å². The van der Waals surface area contributed by atoms with Crippen LogP contribution >= 0.6 is 0 Å². The van der Waals surface area contributed by atoms with Gasteiger partial charge in [0.2, 0.25) is 0 Å². The average molecular weight is 184 g/mol. The summed E-state index contributed by atoms with van der Waals surface area (Å²) in [5, 5.41) is 0. The Balaban J connectivity index is 2.17. The van der Waals surface area contributed by atoms with Crippen LogP contribution < -0.4 is 0 Å². The van der Waals surface area contributed by atoms with E-state index in [1.54, 1.807) is 0 Å². The second kappa shape index (κ2) is 3.10. The molecule has 0 aromatic carbocycles. The van der Waals surface area contributed by atoms with E-state index in [1.165, 1.54) is 7.11 Å². The Morgan fingerprint density at radius 2 is 2.15 bits per heavy atom. The van der Waals surface area contributed by atoms with E-state index in [4.69, 9.17) is 4.74 Å². The van der Waals surface area contributed by atoms with Crippen molar-refractivity contribution < 1.29 is 19.1 Å². The third kappa shape index (κ3) is 1.16. The summed E-state index contributed by atoms with van der Waals surface area (Å²) in [5.74, 6) is -0.961. The van der Waals surface area contributed by atoms with Crippen molar-refractivity contribution in [3.05, 3.63) is 0 Å². The van der Waals surface area contributed by atoms with Crippen LogP contribution in [0.25, 0.3) is 0 Å². The van der Waals surface area contributed by atoms with Gasteiger partial charge in [0, 0.05) is 0 Å². The fraction of sp³-hybridized carbons (Fsp3) is 0.778. The van der Waals surface area contributed by atoms with Gasteiger partial charge in [-0.15, -0.1) is 0 Å². The highest BCUT2D eigenvalue weighted by molar-refractivity contribution is 5.78. The molecule has 2 aliphatic rings. The molecule has 0 aromatic rings. The first kappa shape index (κ1) is 8.69. The Kier molecular flexibility index (Phi) is 2.07. The lowest BCUT2D eigenvalue weighted by Gasteiger charge is -2.20. The molecule has 4 atom stereocenters. The Morgan fingerprint density at radius 3 is 2.77 bits per heavy atom. The minimum absolute atomic E-state index is 0.0494. The highest BCUT2D eigenvalue weighted by atomic mass is 16.5. The number of aldehydes is 1. The number of rotatable bonds is 2. The van der Waals surface area contributed by atoms with Gasteiger partial charge >= 0.3 is 5.97 Å². The van der Waals surface area contributed by atoms with Crippen molar-refractivity contribution in [2.24, 2.45) is 11.8 Å². The normalized spacial score (nSPS) is 41.9. The molecule has 0 aromatic heterocycles. The van der Waals surface area contributed by atoms with Crippen molar-refractivity contribution in [3.8, 4) is 0 Å². The van der Waals surface area contributed by atoms with Crippen molar-refractivity contribution >= 4 is 12.3 Å². The van der Waals surface area contributed by atoms with Gasteiger partial charge in [-0.05, 0) is 12.8 Å². The summed E-state index contributed by atoms with van der Waals surface area (Å²) in [6.45, 7) is 0. The summed E-state index contributed by atoms with van der Waals surface area (Å²) in [6, 6.07) is 0. The van der Waals surface area contributed by atoms with Crippen LogP contribution in [-0.2, 0) is 19.1 Å². The number of hydrogen-bond acceptors (Lipinski definition) is 4. The van der Waals surface area contributed by atoms with E-state index in [0.29, 0.717) is 0 Å². The molecule has 4 nitrogen and oxygen atoms in total. The smallest absolute Gasteiger partial charge is 0.312 e. The highest BCUT2D eigenvalue weighted by Gasteiger charge is 2.52. The molecule has 0 amide bonds.